The quantitative estimate of drug-likeness (QED) is 0.490. The molecule has 17 heavy (non-hydrogen) atoms. The molecule has 7 heteroatoms. The standard InChI is InChI=1S/C10H10F2N2O2.ClH/c1-2-9(15)16-10(13)14-8-4-3-6(11)5-7(8)12;/h3-5H,2H2,1H3,(H2,13,14);1H. The Kier molecular flexibility index (Phi) is 6.12. The lowest BCUT2D eigenvalue weighted by Crippen LogP contribution is -2.19. The third-order valence-corrected chi connectivity index (χ3v) is 1.68. The van der Waals surface area contributed by atoms with Crippen LogP contribution in [0.4, 0.5) is 14.5 Å². The van der Waals surface area contributed by atoms with Crippen molar-refractivity contribution in [2.75, 3.05) is 5.32 Å². The van der Waals surface area contributed by atoms with E-state index in [0.717, 1.165) is 12.1 Å². The molecule has 4 nitrogen and oxygen atoms in total. The van der Waals surface area contributed by atoms with Gasteiger partial charge in [-0.25, -0.2) is 8.78 Å². The smallest absolute Gasteiger partial charge is 0.313 e. The first-order valence-corrected chi connectivity index (χ1v) is 4.54. The van der Waals surface area contributed by atoms with Gasteiger partial charge < -0.3 is 10.1 Å². The van der Waals surface area contributed by atoms with Crippen molar-refractivity contribution in [1.29, 1.82) is 5.41 Å². The summed E-state index contributed by atoms with van der Waals surface area (Å²) in [5, 5.41) is 9.40. The van der Waals surface area contributed by atoms with Crippen LogP contribution in [0.15, 0.2) is 18.2 Å². The minimum Gasteiger partial charge on any atom is -0.393 e. The molecule has 0 saturated carbocycles. The molecule has 0 heterocycles. The number of esters is 1. The highest BCUT2D eigenvalue weighted by Crippen LogP contribution is 2.14. The van der Waals surface area contributed by atoms with E-state index in [1.165, 1.54) is 0 Å². The predicted octanol–water partition coefficient (Wildman–Crippen LogP) is 2.69. The number of amidine groups is 1. The van der Waals surface area contributed by atoms with E-state index >= 15 is 0 Å². The van der Waals surface area contributed by atoms with Crippen molar-refractivity contribution in [1.82, 2.24) is 0 Å². The van der Waals surface area contributed by atoms with Gasteiger partial charge in [0.1, 0.15) is 11.6 Å². The minimum atomic E-state index is -0.864. The molecule has 0 radical (unpaired) electrons. The van der Waals surface area contributed by atoms with Crippen LogP contribution < -0.4 is 5.32 Å². The average molecular weight is 265 g/mol. The highest BCUT2D eigenvalue weighted by Gasteiger charge is 2.08. The number of benzene rings is 1. The fourth-order valence-electron chi connectivity index (χ4n) is 0.925. The Morgan fingerprint density at radius 1 is 1.47 bits per heavy atom. The summed E-state index contributed by atoms with van der Waals surface area (Å²) in [4.78, 5) is 10.8. The van der Waals surface area contributed by atoms with Gasteiger partial charge in [0.05, 0.1) is 5.69 Å². The molecule has 0 atom stereocenters. The van der Waals surface area contributed by atoms with Crippen LogP contribution >= 0.6 is 12.4 Å². The first-order chi connectivity index (χ1) is 7.52. The third-order valence-electron chi connectivity index (χ3n) is 1.68. The minimum absolute atomic E-state index is 0. The predicted molar refractivity (Wildman–Crippen MR) is 61.3 cm³/mol. The Labute approximate surface area is 103 Å². The maximum absolute atomic E-state index is 13.1. The molecule has 0 aliphatic heterocycles. The van der Waals surface area contributed by atoms with Gasteiger partial charge in [0.25, 0.3) is 6.02 Å². The van der Waals surface area contributed by atoms with Crippen molar-refractivity contribution >= 4 is 30.1 Å². The zero-order valence-electron chi connectivity index (χ0n) is 8.92. The summed E-state index contributed by atoms with van der Waals surface area (Å²) >= 11 is 0. The van der Waals surface area contributed by atoms with Crippen LogP contribution in [-0.4, -0.2) is 12.0 Å². The maximum atomic E-state index is 13.1. The Balaban J connectivity index is 0.00000256. The lowest BCUT2D eigenvalue weighted by molar-refractivity contribution is -0.135. The molecule has 0 amide bonds. The highest BCUT2D eigenvalue weighted by atomic mass is 35.5. The van der Waals surface area contributed by atoms with Crippen LogP contribution in [0.25, 0.3) is 0 Å². The number of nitrogens with one attached hydrogen (secondary N) is 2. The summed E-state index contributed by atoms with van der Waals surface area (Å²) in [6, 6.07) is 2.20. The number of anilines is 1. The number of rotatable bonds is 2. The Hall–Kier alpha value is -1.69. The van der Waals surface area contributed by atoms with Gasteiger partial charge >= 0.3 is 5.97 Å². The van der Waals surface area contributed by atoms with Crippen molar-refractivity contribution in [2.24, 2.45) is 0 Å². The zero-order chi connectivity index (χ0) is 12.1. The lowest BCUT2D eigenvalue weighted by atomic mass is 10.3. The van der Waals surface area contributed by atoms with Crippen molar-refractivity contribution in [2.45, 2.75) is 13.3 Å². The van der Waals surface area contributed by atoms with Gasteiger partial charge in [0, 0.05) is 12.5 Å². The molecule has 1 aromatic rings. The lowest BCUT2D eigenvalue weighted by Gasteiger charge is -2.08. The molecule has 0 bridgehead atoms. The van der Waals surface area contributed by atoms with E-state index in [-0.39, 0.29) is 24.5 Å². The van der Waals surface area contributed by atoms with E-state index in [9.17, 15) is 13.6 Å². The van der Waals surface area contributed by atoms with E-state index < -0.39 is 23.6 Å². The van der Waals surface area contributed by atoms with Gasteiger partial charge in [-0.1, -0.05) is 6.92 Å². The normalized spacial score (nSPS) is 9.12. The second kappa shape index (κ2) is 6.80. The van der Waals surface area contributed by atoms with Crippen molar-refractivity contribution in [3.05, 3.63) is 29.8 Å². The van der Waals surface area contributed by atoms with Crippen LogP contribution in [-0.2, 0) is 9.53 Å². The molecule has 0 fully saturated rings. The molecule has 0 unspecified atom stereocenters. The number of hydrogen-bond acceptors (Lipinski definition) is 3. The fraction of sp³-hybridized carbons (Fsp3) is 0.200. The first-order valence-electron chi connectivity index (χ1n) is 4.54. The Morgan fingerprint density at radius 3 is 2.65 bits per heavy atom. The molecule has 0 aromatic heterocycles. The van der Waals surface area contributed by atoms with Crippen molar-refractivity contribution in [3.8, 4) is 0 Å². The van der Waals surface area contributed by atoms with Gasteiger partial charge in [-0.3, -0.25) is 10.2 Å². The summed E-state index contributed by atoms with van der Waals surface area (Å²) in [6.07, 6.45) is 0.107. The molecule has 1 aromatic carbocycles. The van der Waals surface area contributed by atoms with E-state index in [4.69, 9.17) is 5.41 Å². The topological polar surface area (TPSA) is 62.2 Å². The van der Waals surface area contributed by atoms with Crippen LogP contribution in [0.5, 0.6) is 0 Å². The number of halogens is 3. The van der Waals surface area contributed by atoms with E-state index in [1.807, 2.05) is 0 Å². The second-order valence-electron chi connectivity index (χ2n) is 2.91. The number of carbonyl (C=O) groups is 1. The highest BCUT2D eigenvalue weighted by molar-refractivity contribution is 5.94. The molecule has 1 rings (SSSR count). The summed E-state index contributed by atoms with van der Waals surface area (Å²) in [7, 11) is 0. The zero-order valence-corrected chi connectivity index (χ0v) is 9.74. The third kappa shape index (κ3) is 4.78. The molecule has 94 valence electrons. The van der Waals surface area contributed by atoms with Gasteiger partial charge in [-0.05, 0) is 12.1 Å². The van der Waals surface area contributed by atoms with Gasteiger partial charge in [-0.15, -0.1) is 12.4 Å². The molecule has 0 spiro atoms. The number of carbonyl (C=O) groups excluding carboxylic acids is 1. The van der Waals surface area contributed by atoms with Crippen LogP contribution in [0.3, 0.4) is 0 Å². The molecular weight excluding hydrogens is 254 g/mol. The Morgan fingerprint density at radius 2 is 2.12 bits per heavy atom. The summed E-state index contributed by atoms with van der Waals surface area (Å²) in [5.74, 6) is -2.20. The summed E-state index contributed by atoms with van der Waals surface area (Å²) < 4.78 is 30.1. The van der Waals surface area contributed by atoms with Crippen LogP contribution in [0.2, 0.25) is 0 Å². The first kappa shape index (κ1) is 15.3. The molecular formula is C10H11ClF2N2O2. The Bertz CT molecular complexity index is 427. The maximum Gasteiger partial charge on any atom is 0.313 e. The van der Waals surface area contributed by atoms with E-state index in [2.05, 4.69) is 10.1 Å². The largest absolute Gasteiger partial charge is 0.393 e. The second-order valence-corrected chi connectivity index (χ2v) is 2.91. The van der Waals surface area contributed by atoms with Gasteiger partial charge in [0.2, 0.25) is 0 Å². The average Bonchev–Trinajstić information content (AvgIpc) is 2.22. The summed E-state index contributed by atoms with van der Waals surface area (Å²) in [6.45, 7) is 1.56. The SMILES string of the molecule is CCC(=O)OC(=N)Nc1ccc(F)cc1F.Cl. The van der Waals surface area contributed by atoms with Crippen LogP contribution in [0, 0.1) is 17.0 Å². The monoisotopic (exact) mass is 264 g/mol. The van der Waals surface area contributed by atoms with E-state index in [1.54, 1.807) is 6.92 Å². The summed E-state index contributed by atoms with van der Waals surface area (Å²) in [5.41, 5.74) is -0.129. The van der Waals surface area contributed by atoms with Gasteiger partial charge in [-0.2, -0.15) is 0 Å². The number of hydrogen-bond donors (Lipinski definition) is 2. The molecule has 0 saturated heterocycles. The molecule has 2 N–H and O–H groups in total. The van der Waals surface area contributed by atoms with Gasteiger partial charge in [0.15, 0.2) is 0 Å². The number of ether oxygens (including phenoxy) is 1. The van der Waals surface area contributed by atoms with Crippen molar-refractivity contribution < 1.29 is 18.3 Å². The van der Waals surface area contributed by atoms with Crippen molar-refractivity contribution in [3.63, 3.8) is 0 Å². The fourth-order valence-corrected chi connectivity index (χ4v) is 0.925. The molecule has 0 aliphatic rings. The molecule has 0 aliphatic carbocycles. The van der Waals surface area contributed by atoms with Crippen LogP contribution in [0.1, 0.15) is 13.3 Å². The van der Waals surface area contributed by atoms with E-state index in [0.29, 0.717) is 6.07 Å².